The maximum Gasteiger partial charge on any atom is 0.237 e. The largest absolute Gasteiger partial charge is 0.338 e. The van der Waals surface area contributed by atoms with Crippen molar-refractivity contribution in [2.45, 2.75) is 70.3 Å². The minimum absolute atomic E-state index is 0.522. The van der Waals surface area contributed by atoms with Gasteiger partial charge in [-0.25, -0.2) is 4.98 Å². The molecule has 4 rings (SSSR count). The summed E-state index contributed by atoms with van der Waals surface area (Å²) in [5.41, 5.74) is 2.43. The zero-order chi connectivity index (χ0) is 16.8. The number of hydrogen-bond acceptors (Lipinski definition) is 5. The van der Waals surface area contributed by atoms with Gasteiger partial charge in [0.05, 0.1) is 11.4 Å². The zero-order valence-electron chi connectivity index (χ0n) is 15.0. The number of fused-ring (bicyclic) bond motifs is 2. The second-order valence-electron chi connectivity index (χ2n) is 7.54. The van der Waals surface area contributed by atoms with Crippen LogP contribution in [0.3, 0.4) is 0 Å². The van der Waals surface area contributed by atoms with E-state index < -0.39 is 0 Å². The molecule has 0 saturated heterocycles. The summed E-state index contributed by atoms with van der Waals surface area (Å²) in [6.07, 6.45) is 5.73. The number of rotatable bonds is 5. The number of nitrogens with zero attached hydrogens (tertiary/aromatic N) is 4. The Labute approximate surface area is 147 Å². The van der Waals surface area contributed by atoms with Crippen molar-refractivity contribution in [2.75, 3.05) is 0 Å². The van der Waals surface area contributed by atoms with Gasteiger partial charge in [-0.15, -0.1) is 0 Å². The lowest BCUT2D eigenvalue weighted by Gasteiger charge is -2.30. The van der Waals surface area contributed by atoms with E-state index in [-0.39, 0.29) is 0 Å². The van der Waals surface area contributed by atoms with E-state index in [2.05, 4.69) is 35.5 Å². The molecular formula is C18H26N4OS. The van der Waals surface area contributed by atoms with Crippen LogP contribution in [0.1, 0.15) is 61.8 Å². The van der Waals surface area contributed by atoms with Gasteiger partial charge in [-0.1, -0.05) is 23.3 Å². The van der Waals surface area contributed by atoms with Crippen LogP contribution in [0.25, 0.3) is 0 Å². The lowest BCUT2D eigenvalue weighted by Crippen LogP contribution is -2.23. The monoisotopic (exact) mass is 346 g/mol. The van der Waals surface area contributed by atoms with Crippen LogP contribution in [0.2, 0.25) is 0 Å². The molecule has 0 unspecified atom stereocenters. The van der Waals surface area contributed by atoms with Gasteiger partial charge in [0.2, 0.25) is 5.89 Å². The number of hydrogen-bond donors (Lipinski definition) is 0. The molecule has 2 fully saturated rings. The summed E-state index contributed by atoms with van der Waals surface area (Å²) in [7, 11) is 0. The Hall–Kier alpha value is -1.30. The number of imidazole rings is 1. The lowest BCUT2D eigenvalue weighted by atomic mass is 9.84. The van der Waals surface area contributed by atoms with Gasteiger partial charge < -0.3 is 9.09 Å². The summed E-state index contributed by atoms with van der Waals surface area (Å²) in [4.78, 5) is 9.13. The van der Waals surface area contributed by atoms with E-state index in [0.29, 0.717) is 23.5 Å². The highest BCUT2D eigenvalue weighted by atomic mass is 32.2. The van der Waals surface area contributed by atoms with Crippen molar-refractivity contribution in [2.24, 2.45) is 17.8 Å². The molecule has 2 bridgehead atoms. The summed E-state index contributed by atoms with van der Waals surface area (Å²) in [6, 6.07) is 0.522. The van der Waals surface area contributed by atoms with Crippen molar-refractivity contribution in [1.29, 1.82) is 0 Å². The van der Waals surface area contributed by atoms with Gasteiger partial charge in [-0.3, -0.25) is 0 Å². The van der Waals surface area contributed by atoms with Gasteiger partial charge in [0.25, 0.3) is 0 Å². The van der Waals surface area contributed by atoms with Crippen LogP contribution in [0.5, 0.6) is 0 Å². The Morgan fingerprint density at radius 1 is 1.21 bits per heavy atom. The SMILES string of the molecule is Cc1noc(CSc2nc(C)c(C)n2[C@H](C)[C@@H]2C[C@H]3CC[C@H]2C3)n1. The molecule has 2 aromatic rings. The first-order chi connectivity index (χ1) is 11.5. The first-order valence-corrected chi connectivity index (χ1v) is 9.99. The molecule has 2 saturated carbocycles. The van der Waals surface area contributed by atoms with Crippen LogP contribution in [0, 0.1) is 38.5 Å². The van der Waals surface area contributed by atoms with Crippen LogP contribution in [0.15, 0.2) is 9.68 Å². The maximum absolute atomic E-state index is 5.24. The summed E-state index contributed by atoms with van der Waals surface area (Å²) >= 11 is 1.71. The van der Waals surface area contributed by atoms with E-state index in [0.717, 1.165) is 28.6 Å². The van der Waals surface area contributed by atoms with Crippen molar-refractivity contribution in [1.82, 2.24) is 19.7 Å². The highest BCUT2D eigenvalue weighted by molar-refractivity contribution is 7.98. The van der Waals surface area contributed by atoms with Crippen molar-refractivity contribution in [3.05, 3.63) is 23.1 Å². The van der Waals surface area contributed by atoms with Crippen molar-refractivity contribution in [3.63, 3.8) is 0 Å². The smallest absolute Gasteiger partial charge is 0.237 e. The Morgan fingerprint density at radius 2 is 2.04 bits per heavy atom. The molecule has 4 atom stereocenters. The van der Waals surface area contributed by atoms with Crippen LogP contribution in [-0.4, -0.2) is 19.7 Å². The van der Waals surface area contributed by atoms with E-state index in [4.69, 9.17) is 9.51 Å². The Morgan fingerprint density at radius 3 is 2.67 bits per heavy atom. The average molecular weight is 347 g/mol. The van der Waals surface area contributed by atoms with Crippen molar-refractivity contribution < 1.29 is 4.52 Å². The fraction of sp³-hybridized carbons (Fsp3) is 0.722. The van der Waals surface area contributed by atoms with E-state index in [1.54, 1.807) is 11.8 Å². The van der Waals surface area contributed by atoms with E-state index >= 15 is 0 Å². The highest BCUT2D eigenvalue weighted by Crippen LogP contribution is 2.52. The molecule has 24 heavy (non-hydrogen) atoms. The third-order valence-electron chi connectivity index (χ3n) is 6.07. The topological polar surface area (TPSA) is 56.7 Å². The van der Waals surface area contributed by atoms with Crippen molar-refractivity contribution in [3.8, 4) is 0 Å². The fourth-order valence-electron chi connectivity index (χ4n) is 4.78. The third-order valence-corrected chi connectivity index (χ3v) is 7.01. The summed E-state index contributed by atoms with van der Waals surface area (Å²) in [5.74, 6) is 4.75. The molecule has 0 aromatic carbocycles. The maximum atomic E-state index is 5.24. The fourth-order valence-corrected chi connectivity index (χ4v) is 5.79. The lowest BCUT2D eigenvalue weighted by molar-refractivity contribution is 0.232. The third kappa shape index (κ3) is 2.79. The molecule has 2 aliphatic rings. The number of aromatic nitrogens is 4. The first kappa shape index (κ1) is 16.2. The molecule has 2 aromatic heterocycles. The predicted octanol–water partition coefficient (Wildman–Crippen LogP) is 4.48. The molecule has 6 heteroatoms. The molecule has 130 valence electrons. The van der Waals surface area contributed by atoms with Crippen molar-refractivity contribution >= 4 is 11.8 Å². The van der Waals surface area contributed by atoms with Gasteiger partial charge in [0.1, 0.15) is 0 Å². The van der Waals surface area contributed by atoms with Gasteiger partial charge in [-0.2, -0.15) is 4.98 Å². The molecule has 0 N–H and O–H groups in total. The van der Waals surface area contributed by atoms with Gasteiger partial charge in [0, 0.05) is 11.7 Å². The van der Waals surface area contributed by atoms with Crippen LogP contribution in [-0.2, 0) is 5.75 Å². The van der Waals surface area contributed by atoms with E-state index in [1.165, 1.54) is 31.4 Å². The van der Waals surface area contributed by atoms with Gasteiger partial charge >= 0.3 is 0 Å². The molecular weight excluding hydrogens is 320 g/mol. The Bertz CT molecular complexity index is 737. The minimum Gasteiger partial charge on any atom is -0.338 e. The Kier molecular flexibility index (Phi) is 4.19. The minimum atomic E-state index is 0.522. The van der Waals surface area contributed by atoms with E-state index in [9.17, 15) is 0 Å². The van der Waals surface area contributed by atoms with Crippen LogP contribution < -0.4 is 0 Å². The molecule has 0 amide bonds. The summed E-state index contributed by atoms with van der Waals surface area (Å²) in [5, 5.41) is 4.97. The zero-order valence-corrected chi connectivity index (χ0v) is 15.8. The normalized spacial score (nSPS) is 27.1. The van der Waals surface area contributed by atoms with Gasteiger partial charge in [0.15, 0.2) is 11.0 Å². The molecule has 5 nitrogen and oxygen atoms in total. The molecule has 0 spiro atoms. The Balaban J connectivity index is 1.55. The molecule has 0 radical (unpaired) electrons. The number of aryl methyl sites for hydroxylation is 2. The van der Waals surface area contributed by atoms with Crippen LogP contribution in [0.4, 0.5) is 0 Å². The van der Waals surface area contributed by atoms with Crippen LogP contribution >= 0.6 is 11.8 Å². The molecule has 0 aliphatic heterocycles. The standard InChI is InChI=1S/C18H26N4OS/c1-10-11(2)22(12(3)16-8-14-5-6-15(16)7-14)18(19-10)24-9-17-20-13(4)21-23-17/h12,14-16H,5-9H2,1-4H3/t12-,14+,15+,16+/m1/s1. The second kappa shape index (κ2) is 6.21. The summed E-state index contributed by atoms with van der Waals surface area (Å²) < 4.78 is 7.71. The second-order valence-corrected chi connectivity index (χ2v) is 8.48. The highest BCUT2D eigenvalue weighted by Gasteiger charge is 2.43. The quantitative estimate of drug-likeness (QED) is 0.747. The molecule has 2 aliphatic carbocycles. The predicted molar refractivity (Wildman–Crippen MR) is 93.9 cm³/mol. The average Bonchev–Trinajstić information content (AvgIpc) is 3.31. The number of thioether (sulfide) groups is 1. The van der Waals surface area contributed by atoms with Gasteiger partial charge in [-0.05, 0) is 64.7 Å². The molecule has 2 heterocycles. The van der Waals surface area contributed by atoms with E-state index in [1.807, 2.05) is 6.92 Å². The first-order valence-electron chi connectivity index (χ1n) is 9.00. The summed E-state index contributed by atoms with van der Waals surface area (Å²) in [6.45, 7) is 8.55.